The Hall–Kier alpha value is -4.38. The van der Waals surface area contributed by atoms with Crippen LogP contribution in [0.3, 0.4) is 0 Å². The summed E-state index contributed by atoms with van der Waals surface area (Å²) in [6.07, 6.45) is -1.46. The number of aromatic nitrogens is 3. The van der Waals surface area contributed by atoms with E-state index < -0.39 is 6.36 Å². The van der Waals surface area contributed by atoms with Crippen molar-refractivity contribution in [2.24, 2.45) is 10.2 Å². The SMILES string of the molecule is Cc1cccc(C)c1N1CCS/C1=N/N=C/c1ccc2c(ccc3c2ncn3-c2ccc(OC(F)(F)F)cc2)n1. The fraction of sp³-hybridized carbons (Fsp3) is 0.172. The van der Waals surface area contributed by atoms with Crippen LogP contribution in [0.1, 0.15) is 16.8 Å². The predicted octanol–water partition coefficient (Wildman–Crippen LogP) is 7.03. The van der Waals surface area contributed by atoms with Gasteiger partial charge in [-0.1, -0.05) is 30.0 Å². The molecule has 202 valence electrons. The molecule has 0 bridgehead atoms. The van der Waals surface area contributed by atoms with Crippen LogP contribution in [-0.4, -0.2) is 44.6 Å². The lowest BCUT2D eigenvalue weighted by Gasteiger charge is -2.21. The summed E-state index contributed by atoms with van der Waals surface area (Å²) in [6, 6.07) is 19.5. The largest absolute Gasteiger partial charge is 0.573 e. The number of thioether (sulfide) groups is 1. The van der Waals surface area contributed by atoms with Crippen molar-refractivity contribution >= 4 is 50.8 Å². The molecule has 3 heterocycles. The molecule has 0 spiro atoms. The molecule has 0 atom stereocenters. The molecule has 11 heteroatoms. The van der Waals surface area contributed by atoms with Crippen LogP contribution < -0.4 is 9.64 Å². The quantitative estimate of drug-likeness (QED) is 0.171. The van der Waals surface area contributed by atoms with Crippen molar-refractivity contribution in [3.63, 3.8) is 0 Å². The van der Waals surface area contributed by atoms with Crippen molar-refractivity contribution in [3.05, 3.63) is 89.9 Å². The second-order valence-electron chi connectivity index (χ2n) is 9.26. The number of hydrogen-bond acceptors (Lipinski definition) is 6. The van der Waals surface area contributed by atoms with Crippen molar-refractivity contribution in [1.29, 1.82) is 0 Å². The summed E-state index contributed by atoms with van der Waals surface area (Å²) in [5, 5.41) is 10.5. The van der Waals surface area contributed by atoms with Gasteiger partial charge in [-0.2, -0.15) is 5.10 Å². The highest BCUT2D eigenvalue weighted by Crippen LogP contribution is 2.32. The van der Waals surface area contributed by atoms with Gasteiger partial charge in [-0.05, 0) is 73.5 Å². The summed E-state index contributed by atoms with van der Waals surface area (Å²) < 4.78 is 43.2. The molecule has 0 radical (unpaired) electrons. The van der Waals surface area contributed by atoms with Crippen LogP contribution in [0, 0.1) is 13.8 Å². The number of fused-ring (bicyclic) bond motifs is 3. The maximum Gasteiger partial charge on any atom is 0.573 e. The zero-order valence-electron chi connectivity index (χ0n) is 21.6. The van der Waals surface area contributed by atoms with Crippen LogP contribution in [0.5, 0.6) is 5.75 Å². The molecule has 40 heavy (non-hydrogen) atoms. The highest BCUT2D eigenvalue weighted by atomic mass is 32.2. The lowest BCUT2D eigenvalue weighted by atomic mass is 10.1. The fourth-order valence-corrected chi connectivity index (χ4v) is 5.75. The average molecular weight is 561 g/mol. The summed E-state index contributed by atoms with van der Waals surface area (Å²) in [5.74, 6) is 0.670. The monoisotopic (exact) mass is 560 g/mol. The van der Waals surface area contributed by atoms with Crippen LogP contribution in [0.15, 0.2) is 83.3 Å². The van der Waals surface area contributed by atoms with Gasteiger partial charge in [0.05, 0.1) is 28.5 Å². The Morgan fingerprint density at radius 1 is 0.975 bits per heavy atom. The number of rotatable bonds is 5. The van der Waals surface area contributed by atoms with Crippen LogP contribution >= 0.6 is 11.8 Å². The van der Waals surface area contributed by atoms with E-state index in [4.69, 9.17) is 4.98 Å². The molecule has 7 nitrogen and oxygen atoms in total. The normalized spacial score (nSPS) is 15.2. The maximum absolute atomic E-state index is 12.5. The van der Waals surface area contributed by atoms with E-state index in [2.05, 4.69) is 56.9 Å². The number of hydrogen-bond donors (Lipinski definition) is 0. The molecule has 2 aromatic heterocycles. The summed E-state index contributed by atoms with van der Waals surface area (Å²) >= 11 is 1.68. The summed E-state index contributed by atoms with van der Waals surface area (Å²) in [7, 11) is 0. The van der Waals surface area contributed by atoms with Gasteiger partial charge >= 0.3 is 6.36 Å². The van der Waals surface area contributed by atoms with Crippen LogP contribution in [0.2, 0.25) is 0 Å². The van der Waals surface area contributed by atoms with E-state index in [1.807, 2.05) is 24.3 Å². The molecule has 1 aliphatic heterocycles. The minimum Gasteiger partial charge on any atom is -0.406 e. The van der Waals surface area contributed by atoms with E-state index in [0.29, 0.717) is 11.4 Å². The molecule has 1 saturated heterocycles. The Kier molecular flexibility index (Phi) is 6.67. The number of ether oxygens (including phenoxy) is 1. The van der Waals surface area contributed by atoms with Crippen molar-refractivity contribution in [2.45, 2.75) is 20.2 Å². The third-order valence-electron chi connectivity index (χ3n) is 6.57. The molecular weight excluding hydrogens is 537 g/mol. The Bertz CT molecular complexity index is 1760. The van der Waals surface area contributed by atoms with E-state index in [1.54, 1.807) is 41.0 Å². The highest BCUT2D eigenvalue weighted by Gasteiger charge is 2.31. The van der Waals surface area contributed by atoms with Crippen LogP contribution in [0.25, 0.3) is 27.6 Å². The minimum atomic E-state index is -4.73. The van der Waals surface area contributed by atoms with E-state index in [1.165, 1.54) is 28.9 Å². The Balaban J connectivity index is 1.25. The smallest absolute Gasteiger partial charge is 0.406 e. The minimum absolute atomic E-state index is 0.279. The van der Waals surface area contributed by atoms with Crippen LogP contribution in [-0.2, 0) is 0 Å². The first kappa shape index (κ1) is 25.9. The molecule has 5 aromatic rings. The van der Waals surface area contributed by atoms with E-state index in [-0.39, 0.29) is 5.75 Å². The second kappa shape index (κ2) is 10.3. The van der Waals surface area contributed by atoms with Gasteiger partial charge in [-0.15, -0.1) is 18.3 Å². The number of anilines is 1. The maximum atomic E-state index is 12.5. The molecule has 0 aliphatic carbocycles. The topological polar surface area (TPSA) is 67.9 Å². The fourth-order valence-electron chi connectivity index (χ4n) is 4.85. The van der Waals surface area contributed by atoms with Gasteiger partial charge in [0.2, 0.25) is 0 Å². The molecule has 0 N–H and O–H groups in total. The molecule has 3 aromatic carbocycles. The first-order valence-electron chi connectivity index (χ1n) is 12.5. The number of para-hydroxylation sites is 1. The third kappa shape index (κ3) is 5.12. The van der Waals surface area contributed by atoms with Gasteiger partial charge in [0, 0.05) is 29.1 Å². The average Bonchev–Trinajstić information content (AvgIpc) is 3.56. The van der Waals surface area contributed by atoms with Crippen molar-refractivity contribution in [3.8, 4) is 11.4 Å². The van der Waals surface area contributed by atoms with Crippen molar-refractivity contribution < 1.29 is 17.9 Å². The number of aryl methyl sites for hydroxylation is 2. The van der Waals surface area contributed by atoms with Crippen molar-refractivity contribution in [2.75, 3.05) is 17.2 Å². The molecule has 6 rings (SSSR count). The summed E-state index contributed by atoms with van der Waals surface area (Å²) in [6.45, 7) is 5.09. The standard InChI is InChI=1S/C29H23F3N6OS/c1-18-4-3-5-19(2)27(18)37-14-15-40-28(37)36-34-16-20-6-11-23-24(35-20)12-13-25-26(23)33-17-38(25)21-7-9-22(10-8-21)39-29(30,31)32/h3-13,16-17H,14-15H2,1-2H3/b34-16+,36-28+. The lowest BCUT2D eigenvalue weighted by Crippen LogP contribution is -2.25. The van der Waals surface area contributed by atoms with Crippen molar-refractivity contribution in [1.82, 2.24) is 14.5 Å². The first-order valence-corrected chi connectivity index (χ1v) is 13.5. The molecule has 1 fully saturated rings. The zero-order valence-corrected chi connectivity index (χ0v) is 22.4. The Morgan fingerprint density at radius 2 is 1.75 bits per heavy atom. The third-order valence-corrected chi connectivity index (χ3v) is 7.52. The van der Waals surface area contributed by atoms with Gasteiger partial charge in [-0.25, -0.2) is 9.97 Å². The Morgan fingerprint density at radius 3 is 2.50 bits per heavy atom. The van der Waals surface area contributed by atoms with Gasteiger partial charge in [0.25, 0.3) is 0 Å². The molecule has 1 aliphatic rings. The number of halogens is 3. The highest BCUT2D eigenvalue weighted by molar-refractivity contribution is 8.14. The second-order valence-corrected chi connectivity index (χ2v) is 10.3. The van der Waals surface area contributed by atoms with Gasteiger partial charge in [0.1, 0.15) is 12.1 Å². The Labute approximate surface area is 232 Å². The van der Waals surface area contributed by atoms with Gasteiger partial charge < -0.3 is 9.64 Å². The number of benzene rings is 3. The van der Waals surface area contributed by atoms with Gasteiger partial charge in [-0.3, -0.25) is 4.57 Å². The summed E-state index contributed by atoms with van der Waals surface area (Å²) in [5.41, 5.74) is 7.19. The number of nitrogens with zero attached hydrogens (tertiary/aromatic N) is 6. The zero-order chi connectivity index (χ0) is 27.9. The lowest BCUT2D eigenvalue weighted by molar-refractivity contribution is -0.274. The number of alkyl halides is 3. The molecular formula is C29H23F3N6OS. The first-order chi connectivity index (χ1) is 19.3. The van der Waals surface area contributed by atoms with E-state index >= 15 is 0 Å². The van der Waals surface area contributed by atoms with Gasteiger partial charge in [0.15, 0.2) is 5.17 Å². The molecule has 0 saturated carbocycles. The van der Waals surface area contributed by atoms with E-state index in [0.717, 1.165) is 39.4 Å². The van der Waals surface area contributed by atoms with E-state index in [9.17, 15) is 13.2 Å². The molecule has 0 unspecified atom stereocenters. The number of pyridine rings is 1. The summed E-state index contributed by atoms with van der Waals surface area (Å²) in [4.78, 5) is 11.5. The predicted molar refractivity (Wildman–Crippen MR) is 154 cm³/mol. The molecule has 0 amide bonds. The number of imidazole rings is 1. The van der Waals surface area contributed by atoms with Crippen LogP contribution in [0.4, 0.5) is 18.9 Å². The number of amidine groups is 1.